The number of rotatable bonds is 5. The summed E-state index contributed by atoms with van der Waals surface area (Å²) in [6.07, 6.45) is -1.34. The second-order valence-electron chi connectivity index (χ2n) is 4.80. The quantitative estimate of drug-likeness (QED) is 0.885. The lowest BCUT2D eigenvalue weighted by Crippen LogP contribution is -2.29. The van der Waals surface area contributed by atoms with Gasteiger partial charge in [-0.1, -0.05) is 24.3 Å². The Bertz CT molecular complexity index is 778. The van der Waals surface area contributed by atoms with Crippen LogP contribution in [0.25, 0.3) is 0 Å². The van der Waals surface area contributed by atoms with Crippen LogP contribution in [-0.2, 0) is 10.0 Å². The maximum Gasteiger partial charge on any atom is 0.241 e. The van der Waals surface area contributed by atoms with Gasteiger partial charge in [0.05, 0.1) is 11.0 Å². The molecular formula is C15H15F2NO3S. The monoisotopic (exact) mass is 327 g/mol. The summed E-state index contributed by atoms with van der Waals surface area (Å²) in [5, 5.41) is 9.89. The first-order valence-electron chi connectivity index (χ1n) is 6.49. The molecule has 0 amide bonds. The number of sulfonamides is 1. The molecule has 2 rings (SSSR count). The van der Waals surface area contributed by atoms with E-state index >= 15 is 0 Å². The van der Waals surface area contributed by atoms with E-state index in [2.05, 4.69) is 4.72 Å². The molecule has 2 aromatic rings. The molecule has 7 heteroatoms. The molecule has 0 heterocycles. The van der Waals surface area contributed by atoms with E-state index in [-0.39, 0.29) is 10.5 Å². The summed E-state index contributed by atoms with van der Waals surface area (Å²) >= 11 is 0. The first-order chi connectivity index (χ1) is 10.3. The molecule has 0 fully saturated rings. The maximum absolute atomic E-state index is 13.5. The van der Waals surface area contributed by atoms with E-state index in [1.54, 1.807) is 0 Å². The number of aliphatic hydroxyl groups excluding tert-OH is 1. The highest BCUT2D eigenvalue weighted by atomic mass is 32.2. The largest absolute Gasteiger partial charge is 0.387 e. The van der Waals surface area contributed by atoms with Crippen LogP contribution >= 0.6 is 0 Å². The molecule has 0 aliphatic rings. The molecule has 2 N–H and O–H groups in total. The van der Waals surface area contributed by atoms with E-state index in [1.165, 1.54) is 37.3 Å². The van der Waals surface area contributed by atoms with Crippen molar-refractivity contribution in [3.05, 3.63) is 65.2 Å². The molecule has 1 unspecified atom stereocenters. The van der Waals surface area contributed by atoms with Crippen LogP contribution < -0.4 is 4.72 Å². The Labute approximate surface area is 127 Å². The molecule has 0 bridgehead atoms. The van der Waals surface area contributed by atoms with Crippen molar-refractivity contribution in [2.24, 2.45) is 0 Å². The summed E-state index contributed by atoms with van der Waals surface area (Å²) in [4.78, 5) is -0.215. The zero-order valence-electron chi connectivity index (χ0n) is 11.8. The fourth-order valence-electron chi connectivity index (χ4n) is 1.99. The van der Waals surface area contributed by atoms with E-state index < -0.39 is 34.3 Å². The fourth-order valence-corrected chi connectivity index (χ4v) is 3.28. The summed E-state index contributed by atoms with van der Waals surface area (Å²) in [5.41, 5.74) is 0.357. The Hall–Kier alpha value is -1.83. The van der Waals surface area contributed by atoms with Crippen molar-refractivity contribution >= 4 is 10.0 Å². The van der Waals surface area contributed by atoms with Crippen LogP contribution in [0, 0.1) is 18.6 Å². The van der Waals surface area contributed by atoms with Gasteiger partial charge in [-0.3, -0.25) is 0 Å². The number of nitrogens with one attached hydrogen (secondary N) is 1. The first-order valence-corrected chi connectivity index (χ1v) is 7.98. The van der Waals surface area contributed by atoms with E-state index in [1.807, 2.05) is 0 Å². The predicted octanol–water partition coefficient (Wildman–Crippen LogP) is 2.29. The number of benzene rings is 2. The van der Waals surface area contributed by atoms with E-state index in [0.717, 1.165) is 12.1 Å². The number of hydrogen-bond acceptors (Lipinski definition) is 3. The molecule has 22 heavy (non-hydrogen) atoms. The Balaban J connectivity index is 2.16. The molecular weight excluding hydrogens is 312 g/mol. The summed E-state index contributed by atoms with van der Waals surface area (Å²) in [6.45, 7) is 1.11. The van der Waals surface area contributed by atoms with E-state index in [0.29, 0.717) is 5.56 Å². The number of hydrogen-bond donors (Lipinski definition) is 2. The average molecular weight is 327 g/mol. The highest BCUT2D eigenvalue weighted by Gasteiger charge is 2.20. The van der Waals surface area contributed by atoms with Crippen LogP contribution in [0.2, 0.25) is 0 Å². The molecule has 1 atom stereocenters. The predicted molar refractivity (Wildman–Crippen MR) is 77.7 cm³/mol. The maximum atomic E-state index is 13.5. The van der Waals surface area contributed by atoms with Gasteiger partial charge in [0.25, 0.3) is 0 Å². The van der Waals surface area contributed by atoms with Gasteiger partial charge in [0.1, 0.15) is 11.6 Å². The Kier molecular flexibility index (Phi) is 4.90. The molecule has 0 saturated carbocycles. The smallest absolute Gasteiger partial charge is 0.241 e. The molecule has 0 radical (unpaired) electrons. The molecule has 0 saturated heterocycles. The van der Waals surface area contributed by atoms with Gasteiger partial charge in [0.15, 0.2) is 0 Å². The lowest BCUT2D eigenvalue weighted by molar-refractivity contribution is 0.177. The lowest BCUT2D eigenvalue weighted by Gasteiger charge is -2.14. The van der Waals surface area contributed by atoms with Crippen LogP contribution in [-0.4, -0.2) is 20.1 Å². The standard InChI is InChI=1S/C15H15F2NO3S/c1-10-6-7-11(16)8-15(10)22(20,21)18-9-14(19)12-4-2-3-5-13(12)17/h2-8,14,18-19H,9H2,1H3. The van der Waals surface area contributed by atoms with Crippen molar-refractivity contribution in [2.75, 3.05) is 6.54 Å². The number of aliphatic hydroxyl groups is 1. The van der Waals surface area contributed by atoms with Crippen molar-refractivity contribution in [2.45, 2.75) is 17.9 Å². The second kappa shape index (κ2) is 6.51. The molecule has 0 spiro atoms. The Morgan fingerprint density at radius 1 is 1.18 bits per heavy atom. The highest BCUT2D eigenvalue weighted by molar-refractivity contribution is 7.89. The SMILES string of the molecule is Cc1ccc(F)cc1S(=O)(=O)NCC(O)c1ccccc1F. The minimum absolute atomic E-state index is 0.0128. The van der Waals surface area contributed by atoms with E-state index in [4.69, 9.17) is 0 Å². The van der Waals surface area contributed by atoms with Gasteiger partial charge < -0.3 is 5.11 Å². The first kappa shape index (κ1) is 16.5. The second-order valence-corrected chi connectivity index (χ2v) is 6.53. The number of halogens is 2. The third-order valence-corrected chi connectivity index (χ3v) is 4.74. The Morgan fingerprint density at radius 3 is 2.55 bits per heavy atom. The molecule has 0 aromatic heterocycles. The Morgan fingerprint density at radius 2 is 1.86 bits per heavy atom. The zero-order chi connectivity index (χ0) is 16.3. The average Bonchev–Trinajstić information content (AvgIpc) is 2.48. The molecule has 0 aliphatic carbocycles. The summed E-state index contributed by atoms with van der Waals surface area (Å²) in [6, 6.07) is 8.93. The van der Waals surface area contributed by atoms with Gasteiger partial charge >= 0.3 is 0 Å². The minimum atomic E-state index is -4.00. The van der Waals surface area contributed by atoms with Crippen LogP contribution in [0.1, 0.15) is 17.2 Å². The molecule has 118 valence electrons. The van der Waals surface area contributed by atoms with Gasteiger partial charge in [-0.15, -0.1) is 0 Å². The topological polar surface area (TPSA) is 66.4 Å². The normalized spacial score (nSPS) is 13.1. The van der Waals surface area contributed by atoms with Crippen molar-refractivity contribution in [3.8, 4) is 0 Å². The molecule has 0 aliphatic heterocycles. The zero-order valence-corrected chi connectivity index (χ0v) is 12.6. The third-order valence-electron chi connectivity index (χ3n) is 3.17. The summed E-state index contributed by atoms with van der Waals surface area (Å²) in [5.74, 6) is -1.31. The van der Waals surface area contributed by atoms with Gasteiger partial charge in [-0.25, -0.2) is 21.9 Å². The van der Waals surface area contributed by atoms with Crippen molar-refractivity contribution < 1.29 is 22.3 Å². The van der Waals surface area contributed by atoms with Crippen molar-refractivity contribution in [3.63, 3.8) is 0 Å². The van der Waals surface area contributed by atoms with Gasteiger partial charge in [0, 0.05) is 12.1 Å². The van der Waals surface area contributed by atoms with Crippen molar-refractivity contribution in [1.82, 2.24) is 4.72 Å². The van der Waals surface area contributed by atoms with Crippen LogP contribution in [0.5, 0.6) is 0 Å². The third kappa shape index (κ3) is 3.68. The van der Waals surface area contributed by atoms with Crippen LogP contribution in [0.3, 0.4) is 0 Å². The van der Waals surface area contributed by atoms with E-state index in [9.17, 15) is 22.3 Å². The number of aryl methyl sites for hydroxylation is 1. The van der Waals surface area contributed by atoms with Crippen LogP contribution in [0.15, 0.2) is 47.4 Å². The van der Waals surface area contributed by atoms with Crippen LogP contribution in [0.4, 0.5) is 8.78 Å². The summed E-state index contributed by atoms with van der Waals surface area (Å²) < 4.78 is 53.2. The van der Waals surface area contributed by atoms with Gasteiger partial charge in [0.2, 0.25) is 10.0 Å². The lowest BCUT2D eigenvalue weighted by atomic mass is 10.1. The van der Waals surface area contributed by atoms with Crippen molar-refractivity contribution in [1.29, 1.82) is 0 Å². The van der Waals surface area contributed by atoms with Gasteiger partial charge in [-0.05, 0) is 30.7 Å². The molecule has 2 aromatic carbocycles. The summed E-state index contributed by atoms with van der Waals surface area (Å²) in [7, 11) is -4.00. The fraction of sp³-hybridized carbons (Fsp3) is 0.200. The minimum Gasteiger partial charge on any atom is -0.387 e. The molecule has 4 nitrogen and oxygen atoms in total. The highest BCUT2D eigenvalue weighted by Crippen LogP contribution is 2.19. The van der Waals surface area contributed by atoms with Gasteiger partial charge in [-0.2, -0.15) is 0 Å².